The number of benzene rings is 18. The minimum absolute atomic E-state index is 0.550. The van der Waals surface area contributed by atoms with E-state index in [1.54, 1.807) is 0 Å². The van der Waals surface area contributed by atoms with E-state index in [-0.39, 0.29) is 0 Å². The van der Waals surface area contributed by atoms with E-state index in [1.165, 1.54) is 44.5 Å². The second-order valence-electron chi connectivity index (χ2n) is 32.5. The van der Waals surface area contributed by atoms with Gasteiger partial charge >= 0.3 is 0 Å². The lowest BCUT2D eigenvalue weighted by Gasteiger charge is -2.34. The van der Waals surface area contributed by atoms with Gasteiger partial charge in [-0.1, -0.05) is 346 Å². The number of fused-ring (bicyclic) bond motifs is 16. The average molecular weight is 1640 g/mol. The summed E-state index contributed by atoms with van der Waals surface area (Å²) in [4.78, 5) is 30.4. The van der Waals surface area contributed by atoms with Gasteiger partial charge in [-0.2, -0.15) is 0 Å². The van der Waals surface area contributed by atoms with Crippen molar-refractivity contribution in [1.82, 2.24) is 29.9 Å². The van der Waals surface area contributed by atoms with Crippen molar-refractivity contribution in [2.24, 2.45) is 0 Å². The van der Waals surface area contributed by atoms with Crippen LogP contribution in [0.1, 0.15) is 44.5 Å². The summed E-state index contributed by atoms with van der Waals surface area (Å²) < 4.78 is 38.5. The van der Waals surface area contributed by atoms with Crippen LogP contribution in [0.3, 0.4) is 0 Å². The number of rotatable bonds is 12. The Bertz CT molecular complexity index is 8120. The van der Waals surface area contributed by atoms with Crippen LogP contribution in [0, 0.1) is 0 Å². The maximum absolute atomic E-state index is 6.51. The highest BCUT2D eigenvalue weighted by Gasteiger charge is 2.49. The molecule has 12 heteroatoms. The number of furan rings is 2. The van der Waals surface area contributed by atoms with Crippen LogP contribution in [0.15, 0.2) is 433 Å². The zero-order valence-electron chi connectivity index (χ0n) is 68.5. The first-order chi connectivity index (χ1) is 63.4. The number of para-hydroxylation sites is 8. The molecule has 0 radical (unpaired) electrons. The predicted octanol–water partition coefficient (Wildman–Crippen LogP) is 29.4. The molecule has 18 aromatic carbocycles. The van der Waals surface area contributed by atoms with E-state index in [0.29, 0.717) is 80.9 Å². The van der Waals surface area contributed by atoms with Crippen molar-refractivity contribution in [1.29, 1.82) is 0 Å². The average Bonchev–Trinajstić information content (AvgIpc) is 1.54. The Balaban J connectivity index is 0.000000139. The summed E-state index contributed by atoms with van der Waals surface area (Å²) >= 11 is 0. The van der Waals surface area contributed by atoms with Crippen LogP contribution in [-0.4, -0.2) is 29.9 Å². The van der Waals surface area contributed by atoms with Gasteiger partial charge in [0.15, 0.2) is 80.9 Å². The van der Waals surface area contributed by atoms with Gasteiger partial charge < -0.3 is 27.8 Å². The van der Waals surface area contributed by atoms with E-state index < -0.39 is 10.8 Å². The molecule has 26 rings (SSSR count). The fourth-order valence-corrected chi connectivity index (χ4v) is 19.6. The molecule has 128 heavy (non-hydrogen) atoms. The predicted molar refractivity (Wildman–Crippen MR) is 505 cm³/mol. The molecule has 0 saturated carbocycles. The third kappa shape index (κ3) is 12.0. The standard InChI is InChI=1S/2C58H35N3O3/c1-2-14-37(15-3-1)55-59-56(61-57(60-55)46-22-13-21-45-44-20-6-9-25-49(44)64-54(45)46)39-17-12-16-38(34-39)36-28-30-40(31-29-36)58(47-23-7-4-18-42(47)43-19-5-8-24-48(43)58)41-32-33-52-53(35-41)63-51-27-11-10-26-50(51)62-52;1-2-13-38(14-3-1)55-59-56(61-57(60-55)46-19-12-18-45-44-17-6-9-22-49(44)64-54(45)46)39-27-25-36(26-28-39)37-29-31-40(32-30-37)58(47-20-7-4-15-42(47)43-16-5-8-21-48(43)58)41-33-34-52-53(35-41)63-51-24-11-10-23-50(51)62-52/h2*1-35H. The minimum Gasteiger partial charge on any atom is -0.455 e. The molecule has 0 unspecified atom stereocenters. The molecule has 0 amide bonds. The number of hydrogen-bond acceptors (Lipinski definition) is 12. The van der Waals surface area contributed by atoms with E-state index in [2.05, 4.69) is 243 Å². The molecule has 6 heterocycles. The van der Waals surface area contributed by atoms with Crippen molar-refractivity contribution in [3.63, 3.8) is 0 Å². The summed E-state index contributed by atoms with van der Waals surface area (Å²) in [5.41, 5.74) is 25.8. The highest BCUT2D eigenvalue weighted by atomic mass is 16.6. The SMILES string of the molecule is c1ccc(-c2nc(-c3ccc(-c4ccc(C5(c6ccc7c(c6)Oc6ccccc6O7)c6ccccc6-c6ccccc65)cc4)cc3)nc(-c3cccc4c3oc3ccccc34)n2)cc1.c1ccc(-c2nc(-c3cccc(-c4ccc(C5(c6ccc7c(c6)Oc6ccccc6O7)c6ccccc6-c6ccccc65)cc4)c3)nc(-c3cccc4c3oc3ccccc34)n2)cc1. The van der Waals surface area contributed by atoms with Crippen molar-refractivity contribution >= 4 is 43.9 Å². The summed E-state index contributed by atoms with van der Waals surface area (Å²) in [5, 5.41) is 4.16. The Morgan fingerprint density at radius 2 is 0.438 bits per heavy atom. The first-order valence-corrected chi connectivity index (χ1v) is 42.8. The molecule has 2 aliphatic heterocycles. The molecule has 0 saturated heterocycles. The van der Waals surface area contributed by atoms with Gasteiger partial charge in [0, 0.05) is 43.8 Å². The zero-order valence-corrected chi connectivity index (χ0v) is 68.5. The van der Waals surface area contributed by atoms with Crippen LogP contribution in [0.25, 0.3) is 157 Å². The summed E-state index contributed by atoms with van der Waals surface area (Å²) in [5.74, 6) is 9.07. The molecule has 22 aromatic rings. The van der Waals surface area contributed by atoms with Crippen LogP contribution >= 0.6 is 0 Å². The van der Waals surface area contributed by atoms with Crippen LogP contribution < -0.4 is 18.9 Å². The molecule has 0 fully saturated rings. The number of aromatic nitrogens is 6. The lowest BCUT2D eigenvalue weighted by atomic mass is 9.67. The van der Waals surface area contributed by atoms with E-state index in [4.69, 9.17) is 57.7 Å². The molecular formula is C116H70N6O6. The molecule has 0 atom stereocenters. The van der Waals surface area contributed by atoms with Crippen molar-refractivity contribution < 1.29 is 27.8 Å². The van der Waals surface area contributed by atoms with E-state index >= 15 is 0 Å². The summed E-state index contributed by atoms with van der Waals surface area (Å²) in [6.07, 6.45) is 0. The van der Waals surface area contributed by atoms with Gasteiger partial charge in [-0.15, -0.1) is 0 Å². The van der Waals surface area contributed by atoms with Crippen LogP contribution in [-0.2, 0) is 10.8 Å². The highest BCUT2D eigenvalue weighted by Crippen LogP contribution is 2.61. The van der Waals surface area contributed by atoms with Gasteiger partial charge in [0.1, 0.15) is 22.3 Å². The molecule has 2 aliphatic carbocycles. The van der Waals surface area contributed by atoms with E-state index in [1.807, 2.05) is 182 Å². The van der Waals surface area contributed by atoms with Crippen LogP contribution in [0.2, 0.25) is 0 Å². The quantitative estimate of drug-likeness (QED) is 0.115. The molecule has 4 aliphatic rings. The van der Waals surface area contributed by atoms with Crippen molar-refractivity contribution in [2.45, 2.75) is 10.8 Å². The number of ether oxygens (including phenoxy) is 4. The minimum atomic E-state index is -0.624. The Kier molecular flexibility index (Phi) is 17.1. The maximum atomic E-state index is 6.51. The van der Waals surface area contributed by atoms with E-state index in [9.17, 15) is 0 Å². The molecule has 0 bridgehead atoms. The fraction of sp³-hybridized carbons (Fsp3) is 0.0172. The highest BCUT2D eigenvalue weighted by molar-refractivity contribution is 6.10. The lowest BCUT2D eigenvalue weighted by Crippen LogP contribution is -2.28. The second kappa shape index (κ2) is 29.8. The van der Waals surface area contributed by atoms with E-state index in [0.717, 1.165) is 122 Å². The smallest absolute Gasteiger partial charge is 0.170 e. The van der Waals surface area contributed by atoms with Gasteiger partial charge in [-0.3, -0.25) is 0 Å². The third-order valence-electron chi connectivity index (χ3n) is 25.4. The van der Waals surface area contributed by atoms with Crippen LogP contribution in [0.5, 0.6) is 46.0 Å². The van der Waals surface area contributed by atoms with Crippen molar-refractivity contribution in [3.05, 3.63) is 469 Å². The number of hydrogen-bond donors (Lipinski definition) is 0. The Labute approximate surface area is 735 Å². The molecule has 4 aromatic heterocycles. The fourth-order valence-electron chi connectivity index (χ4n) is 19.6. The Morgan fingerprint density at radius 1 is 0.164 bits per heavy atom. The molecule has 12 nitrogen and oxygen atoms in total. The first kappa shape index (κ1) is 73.5. The Hall–Kier alpha value is -17.2. The third-order valence-corrected chi connectivity index (χ3v) is 25.4. The van der Waals surface area contributed by atoms with Gasteiger partial charge in [0.25, 0.3) is 0 Å². The normalized spacial score (nSPS) is 13.1. The summed E-state index contributed by atoms with van der Waals surface area (Å²) in [6, 6.07) is 147. The number of nitrogens with zero attached hydrogens (tertiary/aromatic N) is 6. The zero-order chi connectivity index (χ0) is 84.4. The van der Waals surface area contributed by atoms with Gasteiger partial charge in [-0.05, 0) is 168 Å². The summed E-state index contributed by atoms with van der Waals surface area (Å²) in [7, 11) is 0. The van der Waals surface area contributed by atoms with Gasteiger partial charge in [-0.25, -0.2) is 29.9 Å². The van der Waals surface area contributed by atoms with Gasteiger partial charge in [0.05, 0.1) is 22.0 Å². The molecular weight excluding hydrogens is 1570 g/mol. The topological polar surface area (TPSA) is 141 Å². The van der Waals surface area contributed by atoms with Crippen molar-refractivity contribution in [2.75, 3.05) is 0 Å². The maximum Gasteiger partial charge on any atom is 0.170 e. The first-order valence-electron chi connectivity index (χ1n) is 42.8. The Morgan fingerprint density at radius 3 is 0.859 bits per heavy atom. The van der Waals surface area contributed by atoms with Gasteiger partial charge in [0.2, 0.25) is 0 Å². The van der Waals surface area contributed by atoms with Crippen LogP contribution in [0.4, 0.5) is 0 Å². The molecule has 600 valence electrons. The van der Waals surface area contributed by atoms with Crippen molar-refractivity contribution in [3.8, 4) is 159 Å². The summed E-state index contributed by atoms with van der Waals surface area (Å²) in [6.45, 7) is 0. The second-order valence-corrected chi connectivity index (χ2v) is 32.5. The molecule has 0 N–H and O–H groups in total. The largest absolute Gasteiger partial charge is 0.455 e. The lowest BCUT2D eigenvalue weighted by molar-refractivity contribution is 0.359. The molecule has 0 spiro atoms. The monoisotopic (exact) mass is 1640 g/mol.